The molecule has 0 radical (unpaired) electrons. The summed E-state index contributed by atoms with van der Waals surface area (Å²) in [7, 11) is 0. The second-order valence-corrected chi connectivity index (χ2v) is 7.02. The smallest absolute Gasteiger partial charge is 0.191 e. The van der Waals surface area contributed by atoms with Crippen molar-refractivity contribution in [2.24, 2.45) is 4.99 Å². The van der Waals surface area contributed by atoms with Crippen LogP contribution < -0.4 is 10.6 Å². The maximum absolute atomic E-state index is 4.73. The molecule has 5 heteroatoms. The van der Waals surface area contributed by atoms with Crippen molar-refractivity contribution in [3.8, 4) is 0 Å². The van der Waals surface area contributed by atoms with Crippen LogP contribution in [0.4, 0.5) is 0 Å². The second-order valence-electron chi connectivity index (χ2n) is 7.02. The third-order valence-electron chi connectivity index (χ3n) is 4.92. The third kappa shape index (κ3) is 5.79. The zero-order valence-electron chi connectivity index (χ0n) is 16.5. The Kier molecular flexibility index (Phi) is 7.22. The molecule has 1 unspecified atom stereocenters. The van der Waals surface area contributed by atoms with E-state index in [4.69, 9.17) is 4.99 Å². The molecule has 0 spiro atoms. The minimum absolute atomic E-state index is 0.370. The molecule has 2 N–H and O–H groups in total. The fourth-order valence-electron chi connectivity index (χ4n) is 3.57. The first kappa shape index (κ1) is 19.4. The van der Waals surface area contributed by atoms with Gasteiger partial charge in [0, 0.05) is 18.8 Å². The van der Waals surface area contributed by atoms with Gasteiger partial charge in [-0.05, 0) is 57.5 Å². The molecule has 0 bridgehead atoms. The van der Waals surface area contributed by atoms with E-state index in [2.05, 4.69) is 57.8 Å². The summed E-state index contributed by atoms with van der Waals surface area (Å²) in [5.74, 6) is 0.848. The highest BCUT2D eigenvalue weighted by atomic mass is 15.2. The van der Waals surface area contributed by atoms with Crippen LogP contribution >= 0.6 is 0 Å². The van der Waals surface area contributed by atoms with Crippen LogP contribution in [0.3, 0.4) is 0 Å². The van der Waals surface area contributed by atoms with Gasteiger partial charge in [0.2, 0.25) is 0 Å². The summed E-state index contributed by atoms with van der Waals surface area (Å²) in [5.41, 5.74) is 3.38. The van der Waals surface area contributed by atoms with Crippen molar-refractivity contribution in [3.63, 3.8) is 0 Å². The van der Waals surface area contributed by atoms with Gasteiger partial charge in [-0.1, -0.05) is 36.4 Å². The maximum Gasteiger partial charge on any atom is 0.191 e. The summed E-state index contributed by atoms with van der Waals surface area (Å²) >= 11 is 0. The molecule has 1 aliphatic rings. The van der Waals surface area contributed by atoms with Crippen LogP contribution in [0.25, 0.3) is 0 Å². The number of aromatic nitrogens is 1. The number of hydrogen-bond acceptors (Lipinski definition) is 3. The van der Waals surface area contributed by atoms with Crippen LogP contribution in [0.2, 0.25) is 0 Å². The van der Waals surface area contributed by atoms with E-state index in [0.717, 1.165) is 30.4 Å². The van der Waals surface area contributed by atoms with E-state index in [-0.39, 0.29) is 0 Å². The average molecular weight is 366 g/mol. The van der Waals surface area contributed by atoms with Gasteiger partial charge >= 0.3 is 0 Å². The SMILES string of the molecule is CCNC(=NCc1cccc(C)n1)NCC(c1ccccc1)N1CCCC1. The molecule has 144 valence electrons. The molecule has 3 rings (SSSR count). The van der Waals surface area contributed by atoms with Crippen LogP contribution in [0.5, 0.6) is 0 Å². The van der Waals surface area contributed by atoms with Gasteiger partial charge in [0.05, 0.1) is 18.3 Å². The lowest BCUT2D eigenvalue weighted by Crippen LogP contribution is -2.42. The quantitative estimate of drug-likeness (QED) is 0.584. The Labute approximate surface area is 162 Å². The topological polar surface area (TPSA) is 52.6 Å². The van der Waals surface area contributed by atoms with E-state index in [1.807, 2.05) is 25.1 Å². The average Bonchev–Trinajstić information content (AvgIpc) is 3.21. The van der Waals surface area contributed by atoms with E-state index in [1.165, 1.54) is 31.5 Å². The zero-order valence-corrected chi connectivity index (χ0v) is 16.5. The number of benzene rings is 1. The molecule has 1 fully saturated rings. The Bertz CT molecular complexity index is 722. The highest BCUT2D eigenvalue weighted by molar-refractivity contribution is 5.79. The largest absolute Gasteiger partial charge is 0.357 e. The number of rotatable bonds is 7. The Hall–Kier alpha value is -2.40. The minimum atomic E-state index is 0.370. The van der Waals surface area contributed by atoms with Gasteiger partial charge in [0.1, 0.15) is 0 Å². The van der Waals surface area contributed by atoms with Gasteiger partial charge in [-0.2, -0.15) is 0 Å². The highest BCUT2D eigenvalue weighted by Gasteiger charge is 2.23. The molecule has 0 saturated carbocycles. The van der Waals surface area contributed by atoms with Crippen molar-refractivity contribution in [1.82, 2.24) is 20.5 Å². The van der Waals surface area contributed by atoms with E-state index in [0.29, 0.717) is 12.6 Å². The summed E-state index contributed by atoms with van der Waals surface area (Å²) in [5, 5.41) is 6.91. The van der Waals surface area contributed by atoms with Crippen LogP contribution in [0.1, 0.15) is 42.8 Å². The first-order chi connectivity index (χ1) is 13.3. The van der Waals surface area contributed by atoms with Crippen molar-refractivity contribution >= 4 is 5.96 Å². The summed E-state index contributed by atoms with van der Waals surface area (Å²) < 4.78 is 0. The monoisotopic (exact) mass is 365 g/mol. The fraction of sp³-hybridized carbons (Fsp3) is 0.455. The van der Waals surface area contributed by atoms with Gasteiger partial charge < -0.3 is 10.6 Å². The molecule has 27 heavy (non-hydrogen) atoms. The first-order valence-corrected chi connectivity index (χ1v) is 10.00. The molecule has 0 aliphatic carbocycles. The predicted octanol–water partition coefficient (Wildman–Crippen LogP) is 3.28. The number of aliphatic imine (C=N–C) groups is 1. The van der Waals surface area contributed by atoms with Gasteiger partial charge in [-0.3, -0.25) is 9.88 Å². The molecule has 2 heterocycles. The molecular formula is C22H31N5. The second kappa shape index (κ2) is 10.1. The summed E-state index contributed by atoms with van der Waals surface area (Å²) in [6, 6.07) is 17.2. The lowest BCUT2D eigenvalue weighted by atomic mass is 10.1. The van der Waals surface area contributed by atoms with Crippen molar-refractivity contribution in [2.75, 3.05) is 26.2 Å². The molecule has 1 aromatic heterocycles. The first-order valence-electron chi connectivity index (χ1n) is 10.00. The van der Waals surface area contributed by atoms with E-state index >= 15 is 0 Å². The van der Waals surface area contributed by atoms with E-state index in [1.54, 1.807) is 0 Å². The summed E-state index contributed by atoms with van der Waals surface area (Å²) in [6.07, 6.45) is 2.58. The molecule has 2 aromatic rings. The van der Waals surface area contributed by atoms with E-state index < -0.39 is 0 Å². The van der Waals surface area contributed by atoms with E-state index in [9.17, 15) is 0 Å². The van der Waals surface area contributed by atoms with Crippen molar-refractivity contribution in [1.29, 1.82) is 0 Å². The van der Waals surface area contributed by atoms with Gasteiger partial charge in [0.25, 0.3) is 0 Å². The summed E-state index contributed by atoms with van der Waals surface area (Å²) in [4.78, 5) is 11.8. The number of nitrogens with one attached hydrogen (secondary N) is 2. The standard InChI is InChI=1S/C22H31N5/c1-3-23-22(24-16-20-13-9-10-18(2)26-20)25-17-21(27-14-7-8-15-27)19-11-5-4-6-12-19/h4-6,9-13,21H,3,7-8,14-17H2,1-2H3,(H2,23,24,25). The number of likely N-dealkylation sites (tertiary alicyclic amines) is 1. The predicted molar refractivity (Wildman–Crippen MR) is 112 cm³/mol. The molecular weight excluding hydrogens is 334 g/mol. The molecule has 1 atom stereocenters. The molecule has 5 nitrogen and oxygen atoms in total. The zero-order chi connectivity index (χ0) is 18.9. The maximum atomic E-state index is 4.73. The lowest BCUT2D eigenvalue weighted by Gasteiger charge is -2.29. The van der Waals surface area contributed by atoms with Crippen LogP contribution in [-0.2, 0) is 6.54 Å². The Morgan fingerprint density at radius 1 is 1.07 bits per heavy atom. The fourth-order valence-corrected chi connectivity index (χ4v) is 3.57. The molecule has 1 saturated heterocycles. The number of nitrogens with zero attached hydrogens (tertiary/aromatic N) is 3. The Morgan fingerprint density at radius 2 is 1.85 bits per heavy atom. The van der Waals surface area contributed by atoms with Crippen molar-refractivity contribution < 1.29 is 0 Å². The van der Waals surface area contributed by atoms with Crippen LogP contribution in [0, 0.1) is 6.92 Å². The van der Waals surface area contributed by atoms with Crippen molar-refractivity contribution in [2.45, 2.75) is 39.3 Å². The van der Waals surface area contributed by atoms with Crippen LogP contribution in [-0.4, -0.2) is 42.0 Å². The summed E-state index contributed by atoms with van der Waals surface area (Å²) in [6.45, 7) is 8.71. The number of hydrogen-bond donors (Lipinski definition) is 2. The van der Waals surface area contributed by atoms with Gasteiger partial charge in [-0.25, -0.2) is 4.99 Å². The Morgan fingerprint density at radius 3 is 2.56 bits per heavy atom. The highest BCUT2D eigenvalue weighted by Crippen LogP contribution is 2.24. The third-order valence-corrected chi connectivity index (χ3v) is 4.92. The van der Waals surface area contributed by atoms with Gasteiger partial charge in [0.15, 0.2) is 5.96 Å². The van der Waals surface area contributed by atoms with Crippen molar-refractivity contribution in [3.05, 3.63) is 65.5 Å². The molecule has 1 aromatic carbocycles. The lowest BCUT2D eigenvalue weighted by molar-refractivity contribution is 0.245. The normalized spacial score (nSPS) is 16.3. The number of aryl methyl sites for hydroxylation is 1. The number of guanidine groups is 1. The molecule has 0 amide bonds. The Balaban J connectivity index is 1.67. The van der Waals surface area contributed by atoms with Gasteiger partial charge in [-0.15, -0.1) is 0 Å². The minimum Gasteiger partial charge on any atom is -0.357 e. The number of pyridine rings is 1. The molecule has 1 aliphatic heterocycles. The van der Waals surface area contributed by atoms with Crippen LogP contribution in [0.15, 0.2) is 53.5 Å².